The summed E-state index contributed by atoms with van der Waals surface area (Å²) in [5.41, 5.74) is 6.45. The predicted molar refractivity (Wildman–Crippen MR) is 75.5 cm³/mol. The average Bonchev–Trinajstić information content (AvgIpc) is 3.22. The lowest BCUT2D eigenvalue weighted by Gasteiger charge is -2.15. The number of hydrogen-bond acceptors (Lipinski definition) is 4. The molecule has 1 saturated carbocycles. The summed E-state index contributed by atoms with van der Waals surface area (Å²) in [7, 11) is 1.45. The molecule has 2 rings (SSSR count). The lowest BCUT2D eigenvalue weighted by atomic mass is 10.1. The normalized spacial score (nSPS) is 15.3. The summed E-state index contributed by atoms with van der Waals surface area (Å²) >= 11 is 0. The molecule has 1 fully saturated rings. The SMILES string of the molecule is COc1c(N)cccc1C(=O)NC(C)C(=O)NC1CC1. The van der Waals surface area contributed by atoms with Gasteiger partial charge in [-0.3, -0.25) is 9.59 Å². The summed E-state index contributed by atoms with van der Waals surface area (Å²) in [6, 6.07) is 4.59. The second-order valence-corrected chi connectivity index (χ2v) is 4.91. The van der Waals surface area contributed by atoms with Crippen LogP contribution in [0.1, 0.15) is 30.1 Å². The van der Waals surface area contributed by atoms with Gasteiger partial charge in [-0.15, -0.1) is 0 Å². The number of amides is 2. The van der Waals surface area contributed by atoms with E-state index in [4.69, 9.17) is 10.5 Å². The number of ether oxygens (including phenoxy) is 1. The van der Waals surface area contributed by atoms with E-state index in [0.29, 0.717) is 17.0 Å². The molecule has 0 aromatic heterocycles. The van der Waals surface area contributed by atoms with Crippen LogP contribution in [0, 0.1) is 0 Å². The van der Waals surface area contributed by atoms with Crippen molar-refractivity contribution in [2.75, 3.05) is 12.8 Å². The summed E-state index contributed by atoms with van der Waals surface area (Å²) in [5.74, 6) is -0.240. The molecular formula is C14H19N3O3. The van der Waals surface area contributed by atoms with E-state index in [1.807, 2.05) is 0 Å². The Morgan fingerprint density at radius 3 is 2.70 bits per heavy atom. The van der Waals surface area contributed by atoms with Crippen LogP contribution < -0.4 is 21.1 Å². The number of hydrogen-bond donors (Lipinski definition) is 3. The molecular weight excluding hydrogens is 258 g/mol. The number of rotatable bonds is 5. The molecule has 1 aliphatic carbocycles. The van der Waals surface area contributed by atoms with Gasteiger partial charge in [0.05, 0.1) is 18.4 Å². The van der Waals surface area contributed by atoms with Gasteiger partial charge >= 0.3 is 0 Å². The van der Waals surface area contributed by atoms with Crippen molar-refractivity contribution in [3.8, 4) is 5.75 Å². The first-order valence-electron chi connectivity index (χ1n) is 6.56. The van der Waals surface area contributed by atoms with Crippen molar-refractivity contribution in [1.29, 1.82) is 0 Å². The van der Waals surface area contributed by atoms with Crippen LogP contribution in [-0.4, -0.2) is 31.0 Å². The van der Waals surface area contributed by atoms with E-state index in [9.17, 15) is 9.59 Å². The molecule has 0 saturated heterocycles. The van der Waals surface area contributed by atoms with Crippen LogP contribution in [0.2, 0.25) is 0 Å². The number of nitrogens with one attached hydrogen (secondary N) is 2. The van der Waals surface area contributed by atoms with Gasteiger partial charge in [0.1, 0.15) is 6.04 Å². The first kappa shape index (κ1) is 14.2. The van der Waals surface area contributed by atoms with Gasteiger partial charge in [0.25, 0.3) is 5.91 Å². The zero-order valence-electron chi connectivity index (χ0n) is 11.6. The maximum Gasteiger partial charge on any atom is 0.255 e. The van der Waals surface area contributed by atoms with Crippen LogP contribution in [0.25, 0.3) is 0 Å². The molecule has 20 heavy (non-hydrogen) atoms. The molecule has 108 valence electrons. The molecule has 0 bridgehead atoms. The highest BCUT2D eigenvalue weighted by Gasteiger charge is 2.26. The molecule has 1 unspecified atom stereocenters. The Morgan fingerprint density at radius 1 is 1.40 bits per heavy atom. The summed E-state index contributed by atoms with van der Waals surface area (Å²) in [4.78, 5) is 24.0. The van der Waals surface area contributed by atoms with Gasteiger partial charge in [0.2, 0.25) is 5.91 Å². The van der Waals surface area contributed by atoms with Crippen LogP contribution in [0.5, 0.6) is 5.75 Å². The van der Waals surface area contributed by atoms with Crippen molar-refractivity contribution in [1.82, 2.24) is 10.6 Å². The minimum absolute atomic E-state index is 0.177. The van der Waals surface area contributed by atoms with Crippen molar-refractivity contribution in [2.24, 2.45) is 0 Å². The first-order chi connectivity index (χ1) is 9.52. The van der Waals surface area contributed by atoms with Crippen molar-refractivity contribution >= 4 is 17.5 Å². The number of para-hydroxylation sites is 1. The van der Waals surface area contributed by atoms with E-state index < -0.39 is 6.04 Å². The van der Waals surface area contributed by atoms with Crippen molar-refractivity contribution in [2.45, 2.75) is 31.8 Å². The van der Waals surface area contributed by atoms with Gasteiger partial charge in [0, 0.05) is 6.04 Å². The van der Waals surface area contributed by atoms with Crippen LogP contribution in [-0.2, 0) is 4.79 Å². The minimum Gasteiger partial charge on any atom is -0.494 e. The highest BCUT2D eigenvalue weighted by Crippen LogP contribution is 2.25. The largest absolute Gasteiger partial charge is 0.494 e. The molecule has 1 atom stereocenters. The van der Waals surface area contributed by atoms with Gasteiger partial charge in [-0.1, -0.05) is 6.07 Å². The Labute approximate surface area is 117 Å². The molecule has 1 aromatic rings. The Bertz CT molecular complexity index is 526. The second kappa shape index (κ2) is 5.81. The topological polar surface area (TPSA) is 93.4 Å². The van der Waals surface area contributed by atoms with Gasteiger partial charge in [0.15, 0.2) is 5.75 Å². The third-order valence-electron chi connectivity index (χ3n) is 3.16. The fourth-order valence-electron chi connectivity index (χ4n) is 1.86. The van der Waals surface area contributed by atoms with Crippen LogP contribution in [0.4, 0.5) is 5.69 Å². The van der Waals surface area contributed by atoms with Gasteiger partial charge in [-0.2, -0.15) is 0 Å². The molecule has 0 heterocycles. The van der Waals surface area contributed by atoms with E-state index in [2.05, 4.69) is 10.6 Å². The average molecular weight is 277 g/mol. The monoisotopic (exact) mass is 277 g/mol. The summed E-state index contributed by atoms with van der Waals surface area (Å²) in [6.07, 6.45) is 2.02. The number of carbonyl (C=O) groups excluding carboxylic acids is 2. The van der Waals surface area contributed by atoms with Gasteiger partial charge in [-0.25, -0.2) is 0 Å². The smallest absolute Gasteiger partial charge is 0.255 e. The van der Waals surface area contributed by atoms with Gasteiger partial charge < -0.3 is 21.1 Å². The van der Waals surface area contributed by atoms with E-state index in [-0.39, 0.29) is 17.9 Å². The Morgan fingerprint density at radius 2 is 2.10 bits per heavy atom. The number of nitrogen functional groups attached to an aromatic ring is 1. The molecule has 6 nitrogen and oxygen atoms in total. The number of methoxy groups -OCH3 is 1. The third-order valence-corrected chi connectivity index (χ3v) is 3.16. The van der Waals surface area contributed by atoms with Crippen molar-refractivity contribution in [3.05, 3.63) is 23.8 Å². The van der Waals surface area contributed by atoms with Crippen molar-refractivity contribution < 1.29 is 14.3 Å². The standard InChI is InChI=1S/C14H19N3O3/c1-8(13(18)17-9-6-7-9)16-14(19)10-4-3-5-11(15)12(10)20-2/h3-5,8-9H,6-7,15H2,1-2H3,(H,16,19)(H,17,18). The molecule has 4 N–H and O–H groups in total. The third kappa shape index (κ3) is 3.20. The van der Waals surface area contributed by atoms with Crippen LogP contribution in [0.3, 0.4) is 0 Å². The summed E-state index contributed by atoms with van der Waals surface area (Å²) < 4.78 is 5.13. The van der Waals surface area contributed by atoms with Crippen molar-refractivity contribution in [3.63, 3.8) is 0 Å². The zero-order chi connectivity index (χ0) is 14.7. The molecule has 6 heteroatoms. The fourth-order valence-corrected chi connectivity index (χ4v) is 1.86. The Balaban J connectivity index is 2.03. The fraction of sp³-hybridized carbons (Fsp3) is 0.429. The molecule has 1 aliphatic rings. The lowest BCUT2D eigenvalue weighted by molar-refractivity contribution is -0.122. The van der Waals surface area contributed by atoms with E-state index in [0.717, 1.165) is 12.8 Å². The first-order valence-corrected chi connectivity index (χ1v) is 6.56. The molecule has 0 spiro atoms. The molecule has 0 radical (unpaired) electrons. The lowest BCUT2D eigenvalue weighted by Crippen LogP contribution is -2.45. The van der Waals surface area contributed by atoms with Crippen LogP contribution in [0.15, 0.2) is 18.2 Å². The Hall–Kier alpha value is -2.24. The number of carbonyl (C=O) groups is 2. The minimum atomic E-state index is -0.603. The van der Waals surface area contributed by atoms with Crippen LogP contribution >= 0.6 is 0 Å². The summed E-state index contributed by atoms with van der Waals surface area (Å²) in [5, 5.41) is 5.49. The maximum atomic E-state index is 12.2. The van der Waals surface area contributed by atoms with E-state index in [1.165, 1.54) is 7.11 Å². The maximum absolute atomic E-state index is 12.2. The second-order valence-electron chi connectivity index (χ2n) is 4.91. The highest BCUT2D eigenvalue weighted by molar-refractivity contribution is 6.00. The quantitative estimate of drug-likeness (QED) is 0.690. The molecule has 2 amide bonds. The molecule has 0 aliphatic heterocycles. The molecule has 1 aromatic carbocycles. The number of anilines is 1. The Kier molecular flexibility index (Phi) is 4.12. The van der Waals surface area contributed by atoms with Gasteiger partial charge in [-0.05, 0) is 31.9 Å². The number of benzene rings is 1. The van der Waals surface area contributed by atoms with E-state index in [1.54, 1.807) is 25.1 Å². The zero-order valence-corrected chi connectivity index (χ0v) is 11.6. The predicted octanol–water partition coefficient (Wildman–Crippen LogP) is 0.674. The highest BCUT2D eigenvalue weighted by atomic mass is 16.5. The number of nitrogens with two attached hydrogens (primary N) is 1. The van der Waals surface area contributed by atoms with E-state index >= 15 is 0 Å². The summed E-state index contributed by atoms with van der Waals surface area (Å²) in [6.45, 7) is 1.65.